The first-order chi connectivity index (χ1) is 17.2. The van der Waals surface area contributed by atoms with Crippen LogP contribution in [-0.4, -0.2) is 39.7 Å². The van der Waals surface area contributed by atoms with Gasteiger partial charge in [0.2, 0.25) is 0 Å². The Balaban J connectivity index is 1.86. The zero-order valence-corrected chi connectivity index (χ0v) is 20.2. The Hall–Kier alpha value is -3.90. The molecule has 0 radical (unpaired) electrons. The molecule has 0 aliphatic carbocycles. The van der Waals surface area contributed by atoms with Crippen LogP contribution in [-0.2, 0) is 11.3 Å². The van der Waals surface area contributed by atoms with Gasteiger partial charge in [0.25, 0.3) is 5.91 Å². The number of ether oxygens (including phenoxy) is 2. The van der Waals surface area contributed by atoms with Crippen LogP contribution in [0.2, 0.25) is 0 Å². The van der Waals surface area contributed by atoms with E-state index < -0.39 is 61.4 Å². The van der Waals surface area contributed by atoms with Crippen LogP contribution < -0.4 is 15.8 Å². The van der Waals surface area contributed by atoms with Crippen LogP contribution in [0.1, 0.15) is 47.1 Å². The summed E-state index contributed by atoms with van der Waals surface area (Å²) in [5, 5.41) is 2.47. The molecule has 1 aromatic carbocycles. The maximum absolute atomic E-state index is 14.0. The van der Waals surface area contributed by atoms with Crippen molar-refractivity contribution in [3.63, 3.8) is 0 Å². The second-order valence-electron chi connectivity index (χ2n) is 8.78. The number of aryl methyl sites for hydroxylation is 2. The number of halogens is 5. The molecule has 0 bridgehead atoms. The van der Waals surface area contributed by atoms with Gasteiger partial charge in [0.15, 0.2) is 11.4 Å². The lowest BCUT2D eigenvalue weighted by Gasteiger charge is -2.29. The number of rotatable bonds is 9. The molecule has 2 heterocycles. The van der Waals surface area contributed by atoms with Crippen LogP contribution in [0, 0.1) is 25.5 Å². The highest BCUT2D eigenvalue weighted by Gasteiger charge is 2.36. The summed E-state index contributed by atoms with van der Waals surface area (Å²) in [6.45, 7) is 3.55. The number of pyridine rings is 1. The van der Waals surface area contributed by atoms with E-state index in [-0.39, 0.29) is 28.3 Å². The second-order valence-corrected chi connectivity index (χ2v) is 8.78. The van der Waals surface area contributed by atoms with Crippen molar-refractivity contribution in [3.8, 4) is 5.75 Å². The average Bonchev–Trinajstić information content (AvgIpc) is 3.10. The van der Waals surface area contributed by atoms with E-state index in [1.807, 2.05) is 0 Å². The third kappa shape index (κ3) is 6.86. The normalized spacial score (nSPS) is 13.3. The third-order valence-electron chi connectivity index (χ3n) is 5.55. The number of amides is 2. The number of primary amides is 1. The Kier molecular flexibility index (Phi) is 7.94. The van der Waals surface area contributed by atoms with Gasteiger partial charge >= 0.3 is 12.3 Å². The molecule has 3 aromatic rings. The minimum Gasteiger partial charge on any atom is -0.485 e. The monoisotopic (exact) mass is 528 g/mol. The van der Waals surface area contributed by atoms with Gasteiger partial charge in [0.05, 0.1) is 17.8 Å². The highest BCUT2D eigenvalue weighted by molar-refractivity contribution is 5.95. The van der Waals surface area contributed by atoms with Crippen molar-refractivity contribution in [2.24, 2.45) is 5.73 Å². The molecule has 13 heteroatoms. The van der Waals surface area contributed by atoms with Gasteiger partial charge in [-0.15, -0.1) is 0 Å². The number of benzene rings is 1. The zero-order chi connectivity index (χ0) is 27.5. The molecule has 0 aliphatic heterocycles. The lowest BCUT2D eigenvalue weighted by molar-refractivity contribution is -0.145. The fraction of sp³-hybridized carbons (Fsp3) is 0.375. The fourth-order valence-electron chi connectivity index (χ4n) is 3.73. The summed E-state index contributed by atoms with van der Waals surface area (Å²) in [7, 11) is 0. The van der Waals surface area contributed by atoms with Crippen LogP contribution in [0.25, 0.3) is 5.65 Å². The maximum Gasteiger partial charge on any atom is 0.405 e. The Labute approximate surface area is 208 Å². The van der Waals surface area contributed by atoms with E-state index >= 15 is 0 Å². The van der Waals surface area contributed by atoms with Crippen molar-refractivity contribution in [1.82, 2.24) is 14.7 Å². The number of aromatic nitrogens is 2. The van der Waals surface area contributed by atoms with E-state index in [0.717, 1.165) is 12.1 Å². The molecule has 37 heavy (non-hydrogen) atoms. The third-order valence-corrected chi connectivity index (χ3v) is 5.55. The van der Waals surface area contributed by atoms with E-state index in [4.69, 9.17) is 15.2 Å². The first-order valence-corrected chi connectivity index (χ1v) is 11.1. The molecule has 2 aromatic heterocycles. The van der Waals surface area contributed by atoms with Gasteiger partial charge < -0.3 is 20.5 Å². The van der Waals surface area contributed by atoms with Gasteiger partial charge in [0, 0.05) is 12.6 Å². The van der Waals surface area contributed by atoms with Crippen molar-refractivity contribution < 1.29 is 41.0 Å². The lowest BCUT2D eigenvalue weighted by atomic mass is 9.99. The SMILES string of the molecule is Cc1cc(OCc2c(F)cccc2F)c2nc(C)c(C(=O)NCC(C)(CCC(F)(F)F)OC(N)=O)n2c1. The van der Waals surface area contributed by atoms with E-state index in [2.05, 4.69) is 10.3 Å². The molecule has 0 fully saturated rings. The van der Waals surface area contributed by atoms with Gasteiger partial charge in [-0.3, -0.25) is 9.20 Å². The van der Waals surface area contributed by atoms with Crippen molar-refractivity contribution in [1.29, 1.82) is 0 Å². The minimum atomic E-state index is -4.51. The topological polar surface area (TPSA) is 108 Å². The summed E-state index contributed by atoms with van der Waals surface area (Å²) in [4.78, 5) is 28.6. The molecule has 8 nitrogen and oxygen atoms in total. The van der Waals surface area contributed by atoms with Crippen molar-refractivity contribution in [2.45, 2.75) is 52.0 Å². The number of imidazole rings is 1. The summed E-state index contributed by atoms with van der Waals surface area (Å²) in [5.74, 6) is -2.13. The first-order valence-electron chi connectivity index (χ1n) is 11.1. The van der Waals surface area contributed by atoms with Gasteiger partial charge in [0.1, 0.15) is 29.5 Å². The smallest absolute Gasteiger partial charge is 0.405 e. The van der Waals surface area contributed by atoms with Gasteiger partial charge in [-0.05, 0) is 51.0 Å². The summed E-state index contributed by atoms with van der Waals surface area (Å²) >= 11 is 0. The van der Waals surface area contributed by atoms with Gasteiger partial charge in [-0.1, -0.05) is 6.07 Å². The standard InChI is InChI=1S/C24H25F5N4O4/c1-13-9-18(36-11-15-16(25)5-4-6-17(15)26)20-32-14(2)19(33(20)10-13)21(34)31-12-23(3,37-22(30)35)7-8-24(27,28)29/h4-6,9-10H,7-8,11-12H2,1-3H3,(H2,30,35)(H,31,34). The lowest BCUT2D eigenvalue weighted by Crippen LogP contribution is -2.46. The number of hydrogen-bond donors (Lipinski definition) is 2. The predicted molar refractivity (Wildman–Crippen MR) is 122 cm³/mol. The van der Waals surface area contributed by atoms with Gasteiger partial charge in [-0.25, -0.2) is 18.6 Å². The maximum atomic E-state index is 14.0. The molecule has 200 valence electrons. The average molecular weight is 528 g/mol. The number of nitrogens with zero attached hydrogens (tertiary/aromatic N) is 2. The number of hydrogen-bond acceptors (Lipinski definition) is 5. The van der Waals surface area contributed by atoms with Gasteiger partial charge in [-0.2, -0.15) is 13.2 Å². The summed E-state index contributed by atoms with van der Waals surface area (Å²) in [5.41, 5.74) is 4.09. The fourth-order valence-corrected chi connectivity index (χ4v) is 3.73. The summed E-state index contributed by atoms with van der Waals surface area (Å²) < 4.78 is 78.1. The quantitative estimate of drug-likeness (QED) is 0.391. The molecular formula is C24H25F5N4O4. The van der Waals surface area contributed by atoms with Crippen LogP contribution >= 0.6 is 0 Å². The number of nitrogens with two attached hydrogens (primary N) is 1. The Morgan fingerprint density at radius 3 is 2.38 bits per heavy atom. The number of alkyl halides is 3. The highest BCUT2D eigenvalue weighted by atomic mass is 19.4. The van der Waals surface area contributed by atoms with E-state index in [1.54, 1.807) is 19.2 Å². The van der Waals surface area contributed by atoms with E-state index in [9.17, 15) is 31.5 Å². The predicted octanol–water partition coefficient (Wildman–Crippen LogP) is 4.73. The van der Waals surface area contributed by atoms with Crippen LogP contribution in [0.15, 0.2) is 30.5 Å². The van der Waals surface area contributed by atoms with Crippen molar-refractivity contribution >= 4 is 17.6 Å². The van der Waals surface area contributed by atoms with Crippen LogP contribution in [0.4, 0.5) is 26.7 Å². The number of carbonyl (C=O) groups is 2. The second kappa shape index (κ2) is 10.6. The van der Waals surface area contributed by atoms with Crippen molar-refractivity contribution in [2.75, 3.05) is 6.54 Å². The molecule has 0 aliphatic rings. The summed E-state index contributed by atoms with van der Waals surface area (Å²) in [6.07, 6.45) is -6.11. The first kappa shape index (κ1) is 27.7. The van der Waals surface area contributed by atoms with Crippen LogP contribution in [0.5, 0.6) is 5.75 Å². The Morgan fingerprint density at radius 1 is 1.14 bits per heavy atom. The summed E-state index contributed by atoms with van der Waals surface area (Å²) in [6, 6.07) is 5.00. The number of fused-ring (bicyclic) bond motifs is 1. The highest BCUT2D eigenvalue weighted by Crippen LogP contribution is 2.29. The number of nitrogens with one attached hydrogen (secondary N) is 1. The largest absolute Gasteiger partial charge is 0.485 e. The number of carbonyl (C=O) groups excluding carboxylic acids is 2. The van der Waals surface area contributed by atoms with Crippen LogP contribution in [0.3, 0.4) is 0 Å². The molecule has 0 saturated heterocycles. The molecule has 3 N–H and O–H groups in total. The minimum absolute atomic E-state index is 0.0397. The molecule has 1 atom stereocenters. The molecular weight excluding hydrogens is 503 g/mol. The van der Waals surface area contributed by atoms with Crippen molar-refractivity contribution in [3.05, 3.63) is 64.6 Å². The molecule has 3 rings (SSSR count). The molecule has 0 spiro atoms. The molecule has 1 unspecified atom stereocenters. The zero-order valence-electron chi connectivity index (χ0n) is 20.2. The molecule has 0 saturated carbocycles. The Bertz CT molecular complexity index is 1300. The molecule has 2 amide bonds. The Morgan fingerprint density at radius 2 is 1.78 bits per heavy atom. The van der Waals surface area contributed by atoms with E-state index in [0.29, 0.717) is 5.56 Å². The van der Waals surface area contributed by atoms with E-state index in [1.165, 1.54) is 24.3 Å².